The topological polar surface area (TPSA) is 61.0 Å². The highest BCUT2D eigenvalue weighted by Crippen LogP contribution is 2.34. The summed E-state index contributed by atoms with van der Waals surface area (Å²) in [5.41, 5.74) is 6.55. The van der Waals surface area contributed by atoms with Gasteiger partial charge in [0.2, 0.25) is 11.8 Å². The van der Waals surface area contributed by atoms with Crippen molar-refractivity contribution in [1.82, 2.24) is 9.97 Å². The summed E-state index contributed by atoms with van der Waals surface area (Å²) in [6.07, 6.45) is 0.902. The number of aryl methyl sites for hydroxylation is 2. The molecule has 0 aliphatic carbocycles. The minimum absolute atomic E-state index is 0.149. The Morgan fingerprint density at radius 1 is 1.29 bits per heavy atom. The average molecular weight is 303 g/mol. The Bertz CT molecular complexity index is 816. The lowest BCUT2D eigenvalue weighted by atomic mass is 10.2. The molecule has 21 heavy (non-hydrogen) atoms. The van der Waals surface area contributed by atoms with Gasteiger partial charge in [-0.3, -0.25) is 0 Å². The summed E-state index contributed by atoms with van der Waals surface area (Å²) in [4.78, 5) is 10.3. The van der Waals surface area contributed by atoms with Crippen molar-refractivity contribution < 1.29 is 9.13 Å². The van der Waals surface area contributed by atoms with E-state index in [0.717, 1.165) is 22.2 Å². The Hall–Kier alpha value is -2.21. The molecule has 3 rings (SSSR count). The van der Waals surface area contributed by atoms with Crippen LogP contribution in [0.5, 0.6) is 11.6 Å². The quantitative estimate of drug-likeness (QED) is 0.792. The van der Waals surface area contributed by atoms with Gasteiger partial charge in [0.05, 0.1) is 5.39 Å². The zero-order valence-corrected chi connectivity index (χ0v) is 12.5. The van der Waals surface area contributed by atoms with Crippen molar-refractivity contribution in [3.63, 3.8) is 0 Å². The normalized spacial score (nSPS) is 11.0. The Morgan fingerprint density at radius 2 is 2.10 bits per heavy atom. The number of nitrogen functional groups attached to an aromatic ring is 1. The molecule has 0 unspecified atom stereocenters. The van der Waals surface area contributed by atoms with Gasteiger partial charge in [-0.25, -0.2) is 9.37 Å². The van der Waals surface area contributed by atoms with Gasteiger partial charge >= 0.3 is 0 Å². The molecule has 0 aliphatic heterocycles. The van der Waals surface area contributed by atoms with Crippen molar-refractivity contribution in [3.8, 4) is 11.6 Å². The zero-order valence-electron chi connectivity index (χ0n) is 11.7. The molecule has 0 spiro atoms. The van der Waals surface area contributed by atoms with Crippen molar-refractivity contribution in [2.45, 2.75) is 20.3 Å². The second-order valence-electron chi connectivity index (χ2n) is 4.68. The number of halogens is 1. The lowest BCUT2D eigenvalue weighted by Gasteiger charge is -2.09. The van der Waals surface area contributed by atoms with Crippen LogP contribution in [0.1, 0.15) is 17.4 Å². The minimum atomic E-state index is -0.353. The van der Waals surface area contributed by atoms with Gasteiger partial charge in [-0.05, 0) is 31.0 Å². The number of hydrogen-bond acceptors (Lipinski definition) is 5. The van der Waals surface area contributed by atoms with Crippen LogP contribution in [-0.4, -0.2) is 9.97 Å². The number of thiophene rings is 1. The van der Waals surface area contributed by atoms with E-state index in [1.165, 1.54) is 17.0 Å². The van der Waals surface area contributed by atoms with Gasteiger partial charge in [0, 0.05) is 10.9 Å². The van der Waals surface area contributed by atoms with Gasteiger partial charge in [-0.15, -0.1) is 11.3 Å². The minimum Gasteiger partial charge on any atom is -0.438 e. The van der Waals surface area contributed by atoms with E-state index >= 15 is 0 Å². The Balaban J connectivity index is 2.11. The van der Waals surface area contributed by atoms with Crippen LogP contribution < -0.4 is 10.5 Å². The summed E-state index contributed by atoms with van der Waals surface area (Å²) in [5, 5.41) is 0.801. The SMILES string of the molecule is CCc1cc2c(Oc3cc(F)ccc3C)nc(N)nc2s1. The molecule has 0 saturated heterocycles. The largest absolute Gasteiger partial charge is 0.438 e. The number of aromatic nitrogens is 2. The number of nitrogens with two attached hydrogens (primary N) is 1. The number of nitrogens with zero attached hydrogens (tertiary/aromatic N) is 2. The summed E-state index contributed by atoms with van der Waals surface area (Å²) >= 11 is 1.56. The summed E-state index contributed by atoms with van der Waals surface area (Å²) in [7, 11) is 0. The van der Waals surface area contributed by atoms with Crippen LogP contribution in [0.25, 0.3) is 10.2 Å². The van der Waals surface area contributed by atoms with Crippen molar-refractivity contribution in [2.75, 3.05) is 5.73 Å². The molecule has 0 aliphatic rings. The van der Waals surface area contributed by atoms with E-state index in [2.05, 4.69) is 16.9 Å². The first kappa shape index (κ1) is 13.8. The molecule has 2 heterocycles. The smallest absolute Gasteiger partial charge is 0.232 e. The molecule has 1 aromatic carbocycles. The molecule has 6 heteroatoms. The molecule has 0 atom stereocenters. The van der Waals surface area contributed by atoms with Crippen LogP contribution >= 0.6 is 11.3 Å². The Morgan fingerprint density at radius 3 is 2.86 bits per heavy atom. The molecule has 0 fully saturated rings. The van der Waals surface area contributed by atoms with Crippen molar-refractivity contribution in [1.29, 1.82) is 0 Å². The fourth-order valence-corrected chi connectivity index (χ4v) is 2.97. The molecule has 0 radical (unpaired) electrons. The predicted octanol–water partition coefficient (Wildman–Crippen LogP) is 4.08. The molecule has 0 saturated carbocycles. The fourth-order valence-electron chi connectivity index (χ4n) is 2.00. The maximum atomic E-state index is 13.4. The second kappa shape index (κ2) is 5.29. The highest BCUT2D eigenvalue weighted by Gasteiger charge is 2.13. The number of ether oxygens (including phenoxy) is 1. The molecular weight excluding hydrogens is 289 g/mol. The lowest BCUT2D eigenvalue weighted by molar-refractivity contribution is 0.460. The summed E-state index contributed by atoms with van der Waals surface area (Å²) in [5.74, 6) is 0.588. The van der Waals surface area contributed by atoms with Gasteiger partial charge in [0.1, 0.15) is 16.4 Å². The first-order valence-electron chi connectivity index (χ1n) is 6.56. The van der Waals surface area contributed by atoms with Crippen LogP contribution in [0.3, 0.4) is 0 Å². The molecule has 3 aromatic rings. The van der Waals surface area contributed by atoms with Crippen molar-refractivity contribution in [2.24, 2.45) is 0 Å². The third-order valence-corrected chi connectivity index (χ3v) is 4.30. The number of benzene rings is 1. The Labute approximate surface area is 125 Å². The van der Waals surface area contributed by atoms with Crippen molar-refractivity contribution in [3.05, 3.63) is 40.5 Å². The highest BCUT2D eigenvalue weighted by atomic mass is 32.1. The first-order chi connectivity index (χ1) is 10.1. The van der Waals surface area contributed by atoms with Gasteiger partial charge < -0.3 is 10.5 Å². The first-order valence-corrected chi connectivity index (χ1v) is 7.38. The third-order valence-electron chi connectivity index (χ3n) is 3.13. The molecule has 0 amide bonds. The fraction of sp³-hybridized carbons (Fsp3) is 0.200. The standard InChI is InChI=1S/C15H14FN3OS/c1-3-10-7-11-13(18-15(17)19-14(11)21-10)20-12-6-9(16)5-4-8(12)2/h4-7H,3H2,1-2H3,(H2,17,18,19). The van der Waals surface area contributed by atoms with Crippen LogP contribution in [0.2, 0.25) is 0 Å². The van der Waals surface area contributed by atoms with Crippen molar-refractivity contribution >= 4 is 27.5 Å². The van der Waals surface area contributed by atoms with Gasteiger partial charge in [0.15, 0.2) is 0 Å². The highest BCUT2D eigenvalue weighted by molar-refractivity contribution is 7.18. The number of anilines is 1. The van der Waals surface area contributed by atoms with E-state index in [1.807, 2.05) is 13.0 Å². The summed E-state index contributed by atoms with van der Waals surface area (Å²) in [6.45, 7) is 3.92. The van der Waals surface area contributed by atoms with Crippen LogP contribution in [0, 0.1) is 12.7 Å². The monoisotopic (exact) mass is 303 g/mol. The van der Waals surface area contributed by atoms with Gasteiger partial charge in [-0.2, -0.15) is 4.98 Å². The second-order valence-corrected chi connectivity index (χ2v) is 5.80. The number of hydrogen-bond donors (Lipinski definition) is 1. The third kappa shape index (κ3) is 2.67. The molecule has 2 N–H and O–H groups in total. The van der Waals surface area contributed by atoms with E-state index in [-0.39, 0.29) is 11.8 Å². The summed E-state index contributed by atoms with van der Waals surface area (Å²) < 4.78 is 19.1. The lowest BCUT2D eigenvalue weighted by Crippen LogP contribution is -1.98. The van der Waals surface area contributed by atoms with Gasteiger partial charge in [-0.1, -0.05) is 13.0 Å². The van der Waals surface area contributed by atoms with Crippen LogP contribution in [-0.2, 0) is 6.42 Å². The molecular formula is C15H14FN3OS. The maximum Gasteiger partial charge on any atom is 0.232 e. The van der Waals surface area contributed by atoms with Crippen LogP contribution in [0.15, 0.2) is 24.3 Å². The molecule has 108 valence electrons. The van der Waals surface area contributed by atoms with Gasteiger partial charge in [0.25, 0.3) is 0 Å². The zero-order chi connectivity index (χ0) is 15.0. The number of fused-ring (bicyclic) bond motifs is 1. The molecule has 4 nitrogen and oxygen atoms in total. The number of rotatable bonds is 3. The Kier molecular flexibility index (Phi) is 3.47. The van der Waals surface area contributed by atoms with E-state index in [4.69, 9.17) is 10.5 Å². The van der Waals surface area contributed by atoms with E-state index in [9.17, 15) is 4.39 Å². The van der Waals surface area contributed by atoms with E-state index in [0.29, 0.717) is 11.6 Å². The molecule has 0 bridgehead atoms. The summed E-state index contributed by atoms with van der Waals surface area (Å²) in [6, 6.07) is 6.39. The predicted molar refractivity (Wildman–Crippen MR) is 82.4 cm³/mol. The van der Waals surface area contributed by atoms with Crippen LogP contribution in [0.4, 0.5) is 10.3 Å². The average Bonchev–Trinajstić information content (AvgIpc) is 2.86. The maximum absolute atomic E-state index is 13.4. The van der Waals surface area contributed by atoms with E-state index < -0.39 is 0 Å². The van der Waals surface area contributed by atoms with E-state index in [1.54, 1.807) is 17.4 Å². The molecule has 2 aromatic heterocycles.